The van der Waals surface area contributed by atoms with Gasteiger partial charge in [-0.1, -0.05) is 0 Å². The van der Waals surface area contributed by atoms with Crippen molar-refractivity contribution >= 4 is 6.50 Å². The zero-order valence-corrected chi connectivity index (χ0v) is 6.39. The molecule has 4 heavy (non-hydrogen) atoms. The molecule has 0 rings (SSSR count). The zero-order chi connectivity index (χ0) is 3.58. The molecule has 0 radical (unpaired) electrons. The van der Waals surface area contributed by atoms with Crippen LogP contribution in [0.2, 0.25) is 13.1 Å². The van der Waals surface area contributed by atoms with Gasteiger partial charge in [0.25, 0.3) is 0 Å². The van der Waals surface area contributed by atoms with E-state index in [1.807, 2.05) is 0 Å². The Morgan fingerprint density at radius 1 is 1.50 bits per heavy atom. The predicted octanol–water partition coefficient (Wildman–Crippen LogP) is 0.784. The van der Waals surface area contributed by atoms with Crippen molar-refractivity contribution < 1.29 is 17.4 Å². The molecule has 0 spiro atoms. The first kappa shape index (κ1) is 4.85. The van der Waals surface area contributed by atoms with Crippen LogP contribution in [0.25, 0.3) is 0 Å². The molecule has 2 heteroatoms. The Bertz CT molecular complexity index is 29.0. The Labute approximate surface area is 37.4 Å². The molecule has 26 valence electrons. The molecule has 0 aliphatic heterocycles. The third-order valence-corrected chi connectivity index (χ3v) is 0. The van der Waals surface area contributed by atoms with E-state index in [9.17, 15) is 0 Å². The average molecular weight is 248 g/mol. The first-order valence-corrected chi connectivity index (χ1v) is 7.34. The normalized spacial score (nSPS) is 6.75. The van der Waals surface area contributed by atoms with Gasteiger partial charge in [0, 0.05) is 0 Å². The summed E-state index contributed by atoms with van der Waals surface area (Å²) in [6.45, 7) is 4.71. The maximum absolute atomic E-state index is 2.28. The van der Waals surface area contributed by atoms with E-state index < -0.39 is 0 Å². The van der Waals surface area contributed by atoms with Crippen molar-refractivity contribution in [3.63, 3.8) is 0 Å². The van der Waals surface area contributed by atoms with Crippen molar-refractivity contribution in [1.29, 1.82) is 0 Å². The Balaban J connectivity index is 2.80. The molecule has 0 aliphatic rings. The van der Waals surface area contributed by atoms with Gasteiger partial charge in [-0.15, -0.1) is 0 Å². The van der Waals surface area contributed by atoms with E-state index in [-0.39, 0.29) is 6.50 Å². The van der Waals surface area contributed by atoms with Crippen LogP contribution >= 0.6 is 0 Å². The molecule has 0 amide bonds. The maximum atomic E-state index is 2.28. The molecule has 0 aromatic carbocycles. The summed E-state index contributed by atoms with van der Waals surface area (Å²) < 4.78 is 0. The van der Waals surface area contributed by atoms with Gasteiger partial charge in [0.2, 0.25) is 0 Å². The second-order valence-electron chi connectivity index (χ2n) is 0.854. The molecule has 0 nitrogen and oxygen atoms in total. The van der Waals surface area contributed by atoms with E-state index in [0.717, 1.165) is 0 Å². The molecular weight excluding hydrogens is 242 g/mol. The van der Waals surface area contributed by atoms with E-state index >= 15 is 0 Å². The molecule has 0 aromatic heterocycles. The summed E-state index contributed by atoms with van der Waals surface area (Å²) >= 11 is 2.10. The summed E-state index contributed by atoms with van der Waals surface area (Å²) in [5, 5.41) is 0. The summed E-state index contributed by atoms with van der Waals surface area (Å²) in [5.74, 6) is 0. The fourth-order valence-corrected chi connectivity index (χ4v) is 0. The molecule has 0 aromatic rings. The average Bonchev–Trinajstić information content (AvgIpc) is 0.811. The summed E-state index contributed by atoms with van der Waals surface area (Å²) in [7, 11) is 0. The zero-order valence-electron chi connectivity index (χ0n) is 2.85. The Morgan fingerprint density at radius 2 is 1.50 bits per heavy atom. The van der Waals surface area contributed by atoms with Crippen LogP contribution in [0.1, 0.15) is 0 Å². The second kappa shape index (κ2) is 2.11. The quantitative estimate of drug-likeness (QED) is 0.556. The van der Waals surface area contributed by atoms with Crippen molar-refractivity contribution in [3.8, 4) is 0 Å². The van der Waals surface area contributed by atoms with Crippen LogP contribution < -0.4 is 0 Å². The van der Waals surface area contributed by atoms with Gasteiger partial charge >= 0.3 is 37.0 Å². The van der Waals surface area contributed by atoms with Crippen LogP contribution in [0.3, 0.4) is 0 Å². The van der Waals surface area contributed by atoms with Gasteiger partial charge < -0.3 is 0 Å². The van der Waals surface area contributed by atoms with Gasteiger partial charge in [0.15, 0.2) is 0 Å². The molecular formula is C2H6OsSi. The number of hydrogen-bond donors (Lipinski definition) is 0. The van der Waals surface area contributed by atoms with E-state index in [2.05, 4.69) is 30.5 Å². The third-order valence-electron chi connectivity index (χ3n) is 0. The van der Waals surface area contributed by atoms with E-state index in [0.29, 0.717) is 0 Å². The summed E-state index contributed by atoms with van der Waals surface area (Å²) in [5.41, 5.74) is 0. The fraction of sp³-hybridized carbons (Fsp3) is 1.00. The molecule has 0 aliphatic carbocycles. The monoisotopic (exact) mass is 250 g/mol. The van der Waals surface area contributed by atoms with Gasteiger partial charge in [-0.25, -0.2) is 0 Å². The molecule has 0 N–H and O–H groups in total. The van der Waals surface area contributed by atoms with Gasteiger partial charge in [-0.05, 0) is 0 Å². The minimum absolute atomic E-state index is 0.148. The van der Waals surface area contributed by atoms with E-state index in [4.69, 9.17) is 0 Å². The fourth-order valence-electron chi connectivity index (χ4n) is 0. The van der Waals surface area contributed by atoms with Crippen LogP contribution in [-0.2, 0) is 17.4 Å². The number of rotatable bonds is 0. The van der Waals surface area contributed by atoms with E-state index in [1.54, 1.807) is 0 Å². The van der Waals surface area contributed by atoms with Gasteiger partial charge in [0.05, 0.1) is 0 Å². The van der Waals surface area contributed by atoms with Crippen LogP contribution in [0, 0.1) is 0 Å². The Kier molecular flexibility index (Phi) is 2.56. The van der Waals surface area contributed by atoms with Crippen molar-refractivity contribution in [1.82, 2.24) is 0 Å². The van der Waals surface area contributed by atoms with Crippen LogP contribution in [0.4, 0.5) is 0 Å². The first-order valence-electron chi connectivity index (χ1n) is 1.18. The topological polar surface area (TPSA) is 0 Å². The standard InChI is InChI=1S/C2H6Si.Os/c1-3-2;/h1-2H3;. The van der Waals surface area contributed by atoms with E-state index in [1.165, 1.54) is 0 Å². The minimum atomic E-state index is 0.148. The molecule has 0 saturated carbocycles. The van der Waals surface area contributed by atoms with Crippen molar-refractivity contribution in [2.75, 3.05) is 0 Å². The Hall–Kier alpha value is 0.853. The molecule has 0 fully saturated rings. The van der Waals surface area contributed by atoms with Crippen molar-refractivity contribution in [2.45, 2.75) is 13.1 Å². The molecule has 0 saturated heterocycles. The van der Waals surface area contributed by atoms with Crippen molar-refractivity contribution in [3.05, 3.63) is 0 Å². The predicted molar refractivity (Wildman–Crippen MR) is 17.5 cm³/mol. The molecule has 0 unspecified atom stereocenters. The summed E-state index contributed by atoms with van der Waals surface area (Å²) in [6, 6.07) is 0. The van der Waals surface area contributed by atoms with Crippen LogP contribution in [0.15, 0.2) is 0 Å². The van der Waals surface area contributed by atoms with Gasteiger partial charge in [0.1, 0.15) is 0 Å². The molecule has 0 heterocycles. The van der Waals surface area contributed by atoms with Crippen molar-refractivity contribution in [2.24, 2.45) is 0 Å². The van der Waals surface area contributed by atoms with Gasteiger partial charge in [-0.2, -0.15) is 0 Å². The van der Waals surface area contributed by atoms with Crippen LogP contribution in [-0.4, -0.2) is 6.50 Å². The molecule has 0 atom stereocenters. The molecule has 0 bridgehead atoms. The Morgan fingerprint density at radius 3 is 1.50 bits per heavy atom. The number of hydrogen-bond acceptors (Lipinski definition) is 0. The summed E-state index contributed by atoms with van der Waals surface area (Å²) in [6.07, 6.45) is 0. The second-order valence-corrected chi connectivity index (χ2v) is 10.2. The van der Waals surface area contributed by atoms with Crippen LogP contribution in [0.5, 0.6) is 0 Å². The first-order chi connectivity index (χ1) is 1.73. The summed E-state index contributed by atoms with van der Waals surface area (Å²) in [4.78, 5) is 0. The third kappa shape index (κ3) is 13.5. The SMILES string of the molecule is C[Si](C)=[Os]. The van der Waals surface area contributed by atoms with Gasteiger partial charge in [-0.3, -0.25) is 0 Å².